The molecule has 1 aromatic rings. The highest BCUT2D eigenvalue weighted by atomic mass is 35.5. The molecule has 0 saturated carbocycles. The first kappa shape index (κ1) is 17.5. The van der Waals surface area contributed by atoms with Crippen molar-refractivity contribution in [2.75, 3.05) is 6.54 Å². The van der Waals surface area contributed by atoms with Crippen molar-refractivity contribution in [1.82, 2.24) is 4.72 Å². The molecule has 0 aliphatic heterocycles. The van der Waals surface area contributed by atoms with Crippen molar-refractivity contribution in [3.63, 3.8) is 0 Å². The lowest BCUT2D eigenvalue weighted by atomic mass is 9.86. The van der Waals surface area contributed by atoms with Gasteiger partial charge < -0.3 is 0 Å². The first-order valence-electron chi connectivity index (χ1n) is 6.91. The van der Waals surface area contributed by atoms with E-state index >= 15 is 0 Å². The van der Waals surface area contributed by atoms with Gasteiger partial charge in [-0.3, -0.25) is 0 Å². The molecule has 1 aromatic carbocycles. The molecule has 0 aliphatic carbocycles. The van der Waals surface area contributed by atoms with E-state index in [2.05, 4.69) is 32.4 Å². The van der Waals surface area contributed by atoms with E-state index in [4.69, 9.17) is 11.6 Å². The monoisotopic (exact) mass is 317 g/mol. The molecular weight excluding hydrogens is 294 g/mol. The van der Waals surface area contributed by atoms with E-state index in [1.54, 1.807) is 18.2 Å². The Kier molecular flexibility index (Phi) is 6.05. The Morgan fingerprint density at radius 1 is 1.15 bits per heavy atom. The van der Waals surface area contributed by atoms with Crippen molar-refractivity contribution in [1.29, 1.82) is 0 Å². The van der Waals surface area contributed by atoms with Gasteiger partial charge in [0.2, 0.25) is 10.0 Å². The fraction of sp³-hybridized carbons (Fsp3) is 0.600. The Morgan fingerprint density at radius 2 is 1.70 bits per heavy atom. The number of sulfonamides is 1. The molecule has 1 N–H and O–H groups in total. The summed E-state index contributed by atoms with van der Waals surface area (Å²) in [5.74, 6) is 1.14. The van der Waals surface area contributed by atoms with Gasteiger partial charge in [0.15, 0.2) is 0 Å². The van der Waals surface area contributed by atoms with Crippen LogP contribution in [0.4, 0.5) is 0 Å². The largest absolute Gasteiger partial charge is 0.242 e. The van der Waals surface area contributed by atoms with E-state index in [0.29, 0.717) is 24.3 Å². The minimum Gasteiger partial charge on any atom is -0.211 e. The zero-order chi connectivity index (χ0) is 15.5. The standard InChI is InChI=1S/C15H24ClNO2S/c1-10(2)13(11(3)4)9-17-20(18,19)15-7-6-12(5)8-14(15)16/h6-8,10-11,13,17H,9H2,1-5H3. The van der Waals surface area contributed by atoms with Gasteiger partial charge in [-0.15, -0.1) is 0 Å². The Morgan fingerprint density at radius 3 is 2.15 bits per heavy atom. The zero-order valence-corrected chi connectivity index (χ0v) is 14.3. The minimum absolute atomic E-state index is 0.149. The Bertz CT molecular complexity index is 545. The number of halogens is 1. The van der Waals surface area contributed by atoms with Gasteiger partial charge >= 0.3 is 0 Å². The van der Waals surface area contributed by atoms with E-state index in [-0.39, 0.29) is 9.92 Å². The maximum atomic E-state index is 12.3. The molecule has 0 spiro atoms. The topological polar surface area (TPSA) is 46.2 Å². The molecule has 0 aliphatic rings. The summed E-state index contributed by atoms with van der Waals surface area (Å²) in [6, 6.07) is 4.97. The molecule has 0 heterocycles. The second kappa shape index (κ2) is 6.92. The number of nitrogens with one attached hydrogen (secondary N) is 1. The predicted molar refractivity (Wildman–Crippen MR) is 84.5 cm³/mol. The third-order valence-electron chi connectivity index (χ3n) is 3.60. The minimum atomic E-state index is -3.55. The normalized spacial score (nSPS) is 12.7. The molecule has 0 radical (unpaired) electrons. The molecule has 0 atom stereocenters. The average Bonchev–Trinajstić information content (AvgIpc) is 2.26. The van der Waals surface area contributed by atoms with Gasteiger partial charge in [-0.2, -0.15) is 0 Å². The van der Waals surface area contributed by atoms with Gasteiger partial charge in [-0.25, -0.2) is 13.1 Å². The quantitative estimate of drug-likeness (QED) is 0.866. The molecule has 0 aromatic heterocycles. The summed E-state index contributed by atoms with van der Waals surface area (Å²) in [5.41, 5.74) is 0.941. The number of hydrogen-bond donors (Lipinski definition) is 1. The summed E-state index contributed by atoms with van der Waals surface area (Å²) in [4.78, 5) is 0.149. The van der Waals surface area contributed by atoms with Crippen LogP contribution >= 0.6 is 11.6 Å². The fourth-order valence-corrected chi connectivity index (χ4v) is 4.02. The molecule has 0 bridgehead atoms. The summed E-state index contributed by atoms with van der Waals surface area (Å²) in [7, 11) is -3.55. The van der Waals surface area contributed by atoms with Crippen molar-refractivity contribution in [3.05, 3.63) is 28.8 Å². The highest BCUT2D eigenvalue weighted by Gasteiger charge is 2.23. The van der Waals surface area contributed by atoms with Crippen molar-refractivity contribution in [2.24, 2.45) is 17.8 Å². The van der Waals surface area contributed by atoms with Gasteiger partial charge in [0, 0.05) is 6.54 Å². The number of hydrogen-bond acceptors (Lipinski definition) is 2. The van der Waals surface area contributed by atoms with Gasteiger partial charge in [-0.05, 0) is 42.4 Å². The molecule has 0 fully saturated rings. The van der Waals surface area contributed by atoms with Gasteiger partial charge in [0.05, 0.1) is 5.02 Å². The molecule has 0 amide bonds. The van der Waals surface area contributed by atoms with Crippen molar-refractivity contribution >= 4 is 21.6 Å². The highest BCUT2D eigenvalue weighted by molar-refractivity contribution is 7.89. The van der Waals surface area contributed by atoms with Crippen LogP contribution < -0.4 is 4.72 Å². The van der Waals surface area contributed by atoms with Crippen LogP contribution in [0.2, 0.25) is 5.02 Å². The van der Waals surface area contributed by atoms with E-state index in [0.717, 1.165) is 5.56 Å². The van der Waals surface area contributed by atoms with E-state index in [1.165, 1.54) is 0 Å². The van der Waals surface area contributed by atoms with Crippen molar-refractivity contribution in [2.45, 2.75) is 39.5 Å². The molecule has 5 heteroatoms. The third-order valence-corrected chi connectivity index (χ3v) is 5.51. The highest BCUT2D eigenvalue weighted by Crippen LogP contribution is 2.24. The summed E-state index contributed by atoms with van der Waals surface area (Å²) in [5, 5.41) is 0.267. The molecular formula is C15H24ClNO2S. The maximum absolute atomic E-state index is 12.3. The molecule has 20 heavy (non-hydrogen) atoms. The van der Waals surface area contributed by atoms with E-state index < -0.39 is 10.0 Å². The second-order valence-corrected chi connectivity index (χ2v) is 8.08. The molecule has 3 nitrogen and oxygen atoms in total. The molecule has 0 saturated heterocycles. The lowest BCUT2D eigenvalue weighted by molar-refractivity contribution is 0.289. The van der Waals surface area contributed by atoms with Crippen LogP contribution in [0.3, 0.4) is 0 Å². The molecule has 0 unspecified atom stereocenters. The summed E-state index contributed by atoms with van der Waals surface area (Å²) < 4.78 is 27.3. The summed E-state index contributed by atoms with van der Waals surface area (Å²) >= 11 is 6.04. The first-order valence-corrected chi connectivity index (χ1v) is 8.77. The summed E-state index contributed by atoms with van der Waals surface area (Å²) in [6.07, 6.45) is 0. The van der Waals surface area contributed by atoms with E-state index in [1.807, 2.05) is 6.92 Å². The number of rotatable bonds is 6. The van der Waals surface area contributed by atoms with Crippen LogP contribution in [0.5, 0.6) is 0 Å². The number of aryl methyl sites for hydroxylation is 1. The Balaban J connectivity index is 2.90. The van der Waals surface area contributed by atoms with E-state index in [9.17, 15) is 8.42 Å². The SMILES string of the molecule is Cc1ccc(S(=O)(=O)NCC(C(C)C)C(C)C)c(Cl)c1. The fourth-order valence-electron chi connectivity index (χ4n) is 2.35. The van der Waals surface area contributed by atoms with Crippen molar-refractivity contribution < 1.29 is 8.42 Å². The third kappa shape index (κ3) is 4.47. The van der Waals surface area contributed by atoms with Crippen molar-refractivity contribution in [3.8, 4) is 0 Å². The van der Waals surface area contributed by atoms with Crippen LogP contribution in [-0.4, -0.2) is 15.0 Å². The Labute approximate surface area is 127 Å². The first-order chi connectivity index (χ1) is 9.15. The van der Waals surface area contributed by atoms with Crippen LogP contribution in [0.1, 0.15) is 33.3 Å². The average molecular weight is 318 g/mol. The van der Waals surface area contributed by atoms with Crippen LogP contribution in [0.15, 0.2) is 23.1 Å². The van der Waals surface area contributed by atoms with Crippen LogP contribution in [0, 0.1) is 24.7 Å². The molecule has 114 valence electrons. The van der Waals surface area contributed by atoms with Gasteiger partial charge in [-0.1, -0.05) is 45.4 Å². The van der Waals surface area contributed by atoms with Gasteiger partial charge in [0.25, 0.3) is 0 Å². The number of benzene rings is 1. The summed E-state index contributed by atoms with van der Waals surface area (Å²) in [6.45, 7) is 10.7. The van der Waals surface area contributed by atoms with Crippen LogP contribution in [0.25, 0.3) is 0 Å². The lowest BCUT2D eigenvalue weighted by Crippen LogP contribution is -2.34. The second-order valence-electron chi connectivity index (χ2n) is 5.94. The smallest absolute Gasteiger partial charge is 0.211 e. The van der Waals surface area contributed by atoms with Crippen LogP contribution in [-0.2, 0) is 10.0 Å². The zero-order valence-electron chi connectivity index (χ0n) is 12.8. The predicted octanol–water partition coefficient (Wildman–Crippen LogP) is 3.85. The maximum Gasteiger partial charge on any atom is 0.242 e. The molecule has 1 rings (SSSR count). The van der Waals surface area contributed by atoms with Gasteiger partial charge in [0.1, 0.15) is 4.90 Å². The Hall–Kier alpha value is -0.580. The lowest BCUT2D eigenvalue weighted by Gasteiger charge is -2.25.